The lowest BCUT2D eigenvalue weighted by Crippen LogP contribution is -2.28. The summed E-state index contributed by atoms with van der Waals surface area (Å²) in [6.07, 6.45) is 4.47. The highest BCUT2D eigenvalue weighted by molar-refractivity contribution is 7.99. The van der Waals surface area contributed by atoms with Gasteiger partial charge in [-0.15, -0.1) is 10.2 Å². The fourth-order valence-corrected chi connectivity index (χ4v) is 4.03. The Morgan fingerprint density at radius 1 is 1.26 bits per heavy atom. The van der Waals surface area contributed by atoms with Gasteiger partial charge in [0.05, 0.1) is 26.0 Å². The number of nitrogens with zero attached hydrogens (tertiary/aromatic N) is 3. The van der Waals surface area contributed by atoms with Crippen LogP contribution in [0.4, 0.5) is 0 Å². The van der Waals surface area contributed by atoms with E-state index in [1.807, 2.05) is 25.1 Å². The van der Waals surface area contributed by atoms with Crippen LogP contribution >= 0.6 is 11.8 Å². The van der Waals surface area contributed by atoms with Gasteiger partial charge in [0.25, 0.3) is 0 Å². The second-order valence-electron chi connectivity index (χ2n) is 6.55. The SMILES string of the molecule is COc1ccc(OC)c([C@H](C)NC(=O)CSc2nnc3n2CCCCC3)c1. The molecule has 1 aliphatic heterocycles. The molecule has 1 atom stereocenters. The Morgan fingerprint density at radius 2 is 2.11 bits per heavy atom. The number of carbonyl (C=O) groups excluding carboxylic acids is 1. The molecule has 1 N–H and O–H groups in total. The quantitative estimate of drug-likeness (QED) is 0.733. The van der Waals surface area contributed by atoms with Crippen molar-refractivity contribution < 1.29 is 14.3 Å². The zero-order chi connectivity index (χ0) is 19.2. The fourth-order valence-electron chi connectivity index (χ4n) is 3.23. The molecule has 3 rings (SSSR count). The van der Waals surface area contributed by atoms with Crippen molar-refractivity contribution >= 4 is 17.7 Å². The van der Waals surface area contributed by atoms with E-state index in [-0.39, 0.29) is 11.9 Å². The van der Waals surface area contributed by atoms with Gasteiger partial charge in [-0.2, -0.15) is 0 Å². The number of aryl methyl sites for hydroxylation is 1. The molecule has 27 heavy (non-hydrogen) atoms. The number of nitrogens with one attached hydrogen (secondary N) is 1. The Labute approximate surface area is 163 Å². The van der Waals surface area contributed by atoms with Crippen LogP contribution in [0.5, 0.6) is 11.5 Å². The Balaban J connectivity index is 1.60. The molecule has 1 amide bonds. The molecule has 1 aromatic carbocycles. The van der Waals surface area contributed by atoms with Crippen molar-refractivity contribution in [3.8, 4) is 11.5 Å². The summed E-state index contributed by atoms with van der Waals surface area (Å²) in [5.41, 5.74) is 0.881. The van der Waals surface area contributed by atoms with Crippen LogP contribution in [0.2, 0.25) is 0 Å². The Kier molecular flexibility index (Phi) is 6.60. The third-order valence-electron chi connectivity index (χ3n) is 4.69. The number of aromatic nitrogens is 3. The molecule has 1 aromatic heterocycles. The van der Waals surface area contributed by atoms with Gasteiger partial charge in [0, 0.05) is 18.5 Å². The normalized spacial score (nSPS) is 14.8. The lowest BCUT2D eigenvalue weighted by Gasteiger charge is -2.18. The van der Waals surface area contributed by atoms with E-state index in [9.17, 15) is 4.79 Å². The first-order valence-corrected chi connectivity index (χ1v) is 10.2. The van der Waals surface area contributed by atoms with Gasteiger partial charge in [-0.3, -0.25) is 4.79 Å². The third kappa shape index (κ3) is 4.74. The van der Waals surface area contributed by atoms with Crippen LogP contribution in [0, 0.1) is 0 Å². The van der Waals surface area contributed by atoms with Crippen molar-refractivity contribution in [2.45, 2.75) is 50.4 Å². The maximum absolute atomic E-state index is 12.5. The van der Waals surface area contributed by atoms with Crippen LogP contribution in [0.1, 0.15) is 43.6 Å². The van der Waals surface area contributed by atoms with Gasteiger partial charge in [-0.05, 0) is 38.0 Å². The van der Waals surface area contributed by atoms with E-state index in [1.165, 1.54) is 18.2 Å². The number of hydrogen-bond acceptors (Lipinski definition) is 6. The van der Waals surface area contributed by atoms with Gasteiger partial charge in [0.15, 0.2) is 5.16 Å². The summed E-state index contributed by atoms with van der Waals surface area (Å²) in [7, 11) is 3.24. The molecule has 1 aliphatic rings. The molecule has 146 valence electrons. The molecule has 0 saturated heterocycles. The number of benzene rings is 1. The molecule has 2 heterocycles. The lowest BCUT2D eigenvalue weighted by atomic mass is 10.1. The zero-order valence-electron chi connectivity index (χ0n) is 16.0. The first kappa shape index (κ1) is 19.5. The average molecular weight is 391 g/mol. The van der Waals surface area contributed by atoms with E-state index in [2.05, 4.69) is 20.1 Å². The third-order valence-corrected chi connectivity index (χ3v) is 5.66. The average Bonchev–Trinajstić information content (AvgIpc) is 2.91. The van der Waals surface area contributed by atoms with Crippen molar-refractivity contribution in [2.75, 3.05) is 20.0 Å². The molecule has 0 saturated carbocycles. The van der Waals surface area contributed by atoms with Crippen molar-refractivity contribution in [1.82, 2.24) is 20.1 Å². The molecule has 0 spiro atoms. The Bertz CT molecular complexity index is 793. The van der Waals surface area contributed by atoms with Gasteiger partial charge in [-0.1, -0.05) is 18.2 Å². The van der Waals surface area contributed by atoms with Gasteiger partial charge >= 0.3 is 0 Å². The summed E-state index contributed by atoms with van der Waals surface area (Å²) in [4.78, 5) is 12.5. The zero-order valence-corrected chi connectivity index (χ0v) is 16.8. The summed E-state index contributed by atoms with van der Waals surface area (Å²) in [5, 5.41) is 12.4. The van der Waals surface area contributed by atoms with Gasteiger partial charge < -0.3 is 19.4 Å². The lowest BCUT2D eigenvalue weighted by molar-refractivity contribution is -0.119. The summed E-state index contributed by atoms with van der Waals surface area (Å²) >= 11 is 1.44. The Morgan fingerprint density at radius 3 is 2.89 bits per heavy atom. The molecular formula is C19H26N4O3S. The molecule has 0 bridgehead atoms. The van der Waals surface area contributed by atoms with Crippen LogP contribution in [0.3, 0.4) is 0 Å². The monoisotopic (exact) mass is 390 g/mol. The molecule has 0 aliphatic carbocycles. The first-order chi connectivity index (χ1) is 13.1. The minimum Gasteiger partial charge on any atom is -0.497 e. The van der Waals surface area contributed by atoms with Crippen molar-refractivity contribution in [2.24, 2.45) is 0 Å². The van der Waals surface area contributed by atoms with Crippen LogP contribution in [0.15, 0.2) is 23.4 Å². The predicted molar refractivity (Wildman–Crippen MR) is 104 cm³/mol. The van der Waals surface area contributed by atoms with Crippen LogP contribution in [0.25, 0.3) is 0 Å². The number of carbonyl (C=O) groups is 1. The van der Waals surface area contributed by atoms with Gasteiger partial charge in [0.2, 0.25) is 5.91 Å². The molecule has 7 nitrogen and oxygen atoms in total. The summed E-state index contributed by atoms with van der Waals surface area (Å²) in [6.45, 7) is 2.87. The van der Waals surface area contributed by atoms with Crippen LogP contribution in [-0.2, 0) is 17.8 Å². The molecule has 0 radical (unpaired) electrons. The van der Waals surface area contributed by atoms with Crippen LogP contribution < -0.4 is 14.8 Å². The number of methoxy groups -OCH3 is 2. The molecule has 2 aromatic rings. The molecule has 0 fully saturated rings. The maximum atomic E-state index is 12.5. The van der Waals surface area contributed by atoms with E-state index in [1.54, 1.807) is 14.2 Å². The summed E-state index contributed by atoms with van der Waals surface area (Å²) < 4.78 is 12.8. The number of rotatable bonds is 7. The van der Waals surface area contributed by atoms with E-state index in [4.69, 9.17) is 9.47 Å². The number of fused-ring (bicyclic) bond motifs is 1. The standard InChI is InChI=1S/C19H26N4O3S/c1-13(15-11-14(25-2)8-9-16(15)26-3)20-18(24)12-27-19-22-21-17-7-5-4-6-10-23(17)19/h8-9,11,13H,4-7,10,12H2,1-3H3,(H,20,24)/t13-/m0/s1. The van der Waals surface area contributed by atoms with E-state index in [0.29, 0.717) is 5.75 Å². The highest BCUT2D eigenvalue weighted by Gasteiger charge is 2.18. The second-order valence-corrected chi connectivity index (χ2v) is 7.49. The minimum absolute atomic E-state index is 0.0525. The molecular weight excluding hydrogens is 364 g/mol. The van der Waals surface area contributed by atoms with Crippen molar-refractivity contribution in [3.63, 3.8) is 0 Å². The second kappa shape index (κ2) is 9.12. The number of hydrogen-bond donors (Lipinski definition) is 1. The summed E-state index contributed by atoms with van der Waals surface area (Å²) in [5.74, 6) is 2.73. The van der Waals surface area contributed by atoms with Crippen molar-refractivity contribution in [3.05, 3.63) is 29.6 Å². The number of thioether (sulfide) groups is 1. The fraction of sp³-hybridized carbons (Fsp3) is 0.526. The van der Waals surface area contributed by atoms with E-state index >= 15 is 0 Å². The highest BCUT2D eigenvalue weighted by Crippen LogP contribution is 2.29. The largest absolute Gasteiger partial charge is 0.497 e. The van der Waals surface area contributed by atoms with Gasteiger partial charge in [0.1, 0.15) is 17.3 Å². The number of amides is 1. The maximum Gasteiger partial charge on any atom is 0.230 e. The molecule has 8 heteroatoms. The van der Waals surface area contributed by atoms with E-state index in [0.717, 1.165) is 53.9 Å². The topological polar surface area (TPSA) is 78.3 Å². The van der Waals surface area contributed by atoms with E-state index < -0.39 is 0 Å². The minimum atomic E-state index is -0.196. The summed E-state index contributed by atoms with van der Waals surface area (Å²) in [6, 6.07) is 5.37. The van der Waals surface area contributed by atoms with Crippen molar-refractivity contribution in [1.29, 1.82) is 0 Å². The Hall–Kier alpha value is -2.22. The first-order valence-electron chi connectivity index (χ1n) is 9.18. The molecule has 0 unspecified atom stereocenters. The predicted octanol–water partition coefficient (Wildman–Crippen LogP) is 2.99. The number of ether oxygens (including phenoxy) is 2. The smallest absolute Gasteiger partial charge is 0.230 e. The highest BCUT2D eigenvalue weighted by atomic mass is 32.2. The van der Waals surface area contributed by atoms with Gasteiger partial charge in [-0.25, -0.2) is 0 Å². The van der Waals surface area contributed by atoms with Crippen LogP contribution in [-0.4, -0.2) is 40.6 Å².